The van der Waals surface area contributed by atoms with Gasteiger partial charge in [-0.2, -0.15) is 0 Å². The standard InChI is InChI=1S/C14H23N3/c1-11-4-3-5-12(2)14(11)10-17-7-6-16-9-13(17)8-15/h3-5,13,16H,6-10,15H2,1-2H3. The van der Waals surface area contributed by atoms with E-state index in [9.17, 15) is 0 Å². The molecule has 0 amide bonds. The van der Waals surface area contributed by atoms with Gasteiger partial charge in [-0.1, -0.05) is 18.2 Å². The summed E-state index contributed by atoms with van der Waals surface area (Å²) in [6.07, 6.45) is 0. The highest BCUT2D eigenvalue weighted by molar-refractivity contribution is 5.33. The van der Waals surface area contributed by atoms with E-state index in [1.165, 1.54) is 16.7 Å². The van der Waals surface area contributed by atoms with E-state index in [1.54, 1.807) is 0 Å². The lowest BCUT2D eigenvalue weighted by molar-refractivity contribution is 0.157. The number of aryl methyl sites for hydroxylation is 2. The molecule has 94 valence electrons. The third-order valence-electron chi connectivity index (χ3n) is 3.75. The van der Waals surface area contributed by atoms with Gasteiger partial charge in [0.1, 0.15) is 0 Å². The first-order valence-electron chi connectivity index (χ1n) is 6.42. The molecule has 0 saturated carbocycles. The van der Waals surface area contributed by atoms with E-state index >= 15 is 0 Å². The van der Waals surface area contributed by atoms with Crippen LogP contribution in [0.1, 0.15) is 16.7 Å². The number of hydrogen-bond donors (Lipinski definition) is 2. The number of hydrogen-bond acceptors (Lipinski definition) is 3. The summed E-state index contributed by atoms with van der Waals surface area (Å²) < 4.78 is 0. The van der Waals surface area contributed by atoms with Crippen molar-refractivity contribution in [3.05, 3.63) is 34.9 Å². The van der Waals surface area contributed by atoms with E-state index in [0.717, 1.165) is 32.7 Å². The van der Waals surface area contributed by atoms with Gasteiger partial charge in [0.2, 0.25) is 0 Å². The highest BCUT2D eigenvalue weighted by atomic mass is 15.2. The molecule has 0 spiro atoms. The number of nitrogens with one attached hydrogen (secondary N) is 1. The average molecular weight is 233 g/mol. The van der Waals surface area contributed by atoms with Crippen LogP contribution in [-0.2, 0) is 6.54 Å². The van der Waals surface area contributed by atoms with Crippen molar-refractivity contribution in [1.82, 2.24) is 10.2 Å². The van der Waals surface area contributed by atoms with Gasteiger partial charge in [-0.25, -0.2) is 0 Å². The minimum absolute atomic E-state index is 0.475. The van der Waals surface area contributed by atoms with Crippen LogP contribution in [0.4, 0.5) is 0 Å². The predicted molar refractivity (Wildman–Crippen MR) is 72.0 cm³/mol. The van der Waals surface area contributed by atoms with Gasteiger partial charge in [0.05, 0.1) is 0 Å². The highest BCUT2D eigenvalue weighted by Crippen LogP contribution is 2.17. The molecule has 1 fully saturated rings. The van der Waals surface area contributed by atoms with Crippen LogP contribution < -0.4 is 11.1 Å². The van der Waals surface area contributed by atoms with Crippen LogP contribution in [0.5, 0.6) is 0 Å². The van der Waals surface area contributed by atoms with E-state index in [4.69, 9.17) is 5.73 Å². The molecule has 1 heterocycles. The maximum Gasteiger partial charge on any atom is 0.0347 e. The maximum atomic E-state index is 5.84. The summed E-state index contributed by atoms with van der Waals surface area (Å²) in [5, 5.41) is 3.41. The van der Waals surface area contributed by atoms with E-state index in [0.29, 0.717) is 6.04 Å². The third kappa shape index (κ3) is 2.86. The number of piperazine rings is 1. The van der Waals surface area contributed by atoms with Crippen LogP contribution >= 0.6 is 0 Å². The zero-order valence-electron chi connectivity index (χ0n) is 10.9. The molecule has 1 unspecified atom stereocenters. The summed E-state index contributed by atoms with van der Waals surface area (Å²) in [5.74, 6) is 0. The molecule has 1 aromatic rings. The number of benzene rings is 1. The number of rotatable bonds is 3. The topological polar surface area (TPSA) is 41.3 Å². The Morgan fingerprint density at radius 1 is 1.35 bits per heavy atom. The Kier molecular flexibility index (Phi) is 4.15. The zero-order valence-corrected chi connectivity index (χ0v) is 10.9. The lowest BCUT2D eigenvalue weighted by Gasteiger charge is -2.36. The summed E-state index contributed by atoms with van der Waals surface area (Å²) >= 11 is 0. The van der Waals surface area contributed by atoms with E-state index in [-0.39, 0.29) is 0 Å². The van der Waals surface area contributed by atoms with E-state index in [2.05, 4.69) is 42.3 Å². The zero-order chi connectivity index (χ0) is 12.3. The molecule has 0 bridgehead atoms. The second kappa shape index (κ2) is 5.63. The Morgan fingerprint density at radius 2 is 2.06 bits per heavy atom. The van der Waals surface area contributed by atoms with Gasteiger partial charge in [-0.05, 0) is 30.5 Å². The Hall–Kier alpha value is -0.900. The summed E-state index contributed by atoms with van der Waals surface area (Å²) in [4.78, 5) is 2.51. The summed E-state index contributed by atoms with van der Waals surface area (Å²) in [6, 6.07) is 7.00. The number of nitrogens with zero attached hydrogens (tertiary/aromatic N) is 1. The highest BCUT2D eigenvalue weighted by Gasteiger charge is 2.21. The van der Waals surface area contributed by atoms with Crippen molar-refractivity contribution in [1.29, 1.82) is 0 Å². The Morgan fingerprint density at radius 3 is 2.71 bits per heavy atom. The van der Waals surface area contributed by atoms with Gasteiger partial charge < -0.3 is 11.1 Å². The normalized spacial score (nSPS) is 21.7. The second-order valence-corrected chi connectivity index (χ2v) is 4.93. The fraction of sp³-hybridized carbons (Fsp3) is 0.571. The predicted octanol–water partition coefficient (Wildman–Crippen LogP) is 1.04. The second-order valence-electron chi connectivity index (χ2n) is 4.93. The molecule has 17 heavy (non-hydrogen) atoms. The fourth-order valence-corrected chi connectivity index (χ4v) is 2.55. The van der Waals surface area contributed by atoms with Crippen LogP contribution in [0.15, 0.2) is 18.2 Å². The molecular formula is C14H23N3. The van der Waals surface area contributed by atoms with Crippen molar-refractivity contribution in [3.8, 4) is 0 Å². The van der Waals surface area contributed by atoms with Crippen LogP contribution in [0.25, 0.3) is 0 Å². The largest absolute Gasteiger partial charge is 0.329 e. The molecule has 2 rings (SSSR count). The average Bonchev–Trinajstić information content (AvgIpc) is 2.34. The fourth-order valence-electron chi connectivity index (χ4n) is 2.55. The summed E-state index contributed by atoms with van der Waals surface area (Å²) in [6.45, 7) is 9.34. The first-order chi connectivity index (χ1) is 8.22. The quantitative estimate of drug-likeness (QED) is 0.819. The van der Waals surface area contributed by atoms with Crippen LogP contribution in [-0.4, -0.2) is 37.1 Å². The van der Waals surface area contributed by atoms with Crippen molar-refractivity contribution in [2.45, 2.75) is 26.4 Å². The molecule has 1 aliphatic rings. The smallest absolute Gasteiger partial charge is 0.0347 e. The Bertz CT molecular complexity index is 355. The van der Waals surface area contributed by atoms with Gasteiger partial charge in [0, 0.05) is 38.8 Å². The van der Waals surface area contributed by atoms with Crippen LogP contribution in [0.2, 0.25) is 0 Å². The van der Waals surface area contributed by atoms with Crippen molar-refractivity contribution < 1.29 is 0 Å². The molecular weight excluding hydrogens is 210 g/mol. The van der Waals surface area contributed by atoms with Crippen LogP contribution in [0, 0.1) is 13.8 Å². The molecule has 1 saturated heterocycles. The minimum Gasteiger partial charge on any atom is -0.329 e. The molecule has 3 N–H and O–H groups in total. The van der Waals surface area contributed by atoms with Gasteiger partial charge in [0.15, 0.2) is 0 Å². The molecule has 1 aliphatic heterocycles. The van der Waals surface area contributed by atoms with Gasteiger partial charge >= 0.3 is 0 Å². The molecule has 3 nitrogen and oxygen atoms in total. The maximum absolute atomic E-state index is 5.84. The molecule has 3 heteroatoms. The Balaban J connectivity index is 2.13. The van der Waals surface area contributed by atoms with Gasteiger partial charge in [-0.3, -0.25) is 4.90 Å². The van der Waals surface area contributed by atoms with Crippen molar-refractivity contribution in [2.24, 2.45) is 5.73 Å². The molecule has 0 aromatic heterocycles. The van der Waals surface area contributed by atoms with Crippen molar-refractivity contribution in [3.63, 3.8) is 0 Å². The minimum atomic E-state index is 0.475. The van der Waals surface area contributed by atoms with Crippen molar-refractivity contribution >= 4 is 0 Å². The van der Waals surface area contributed by atoms with Crippen LogP contribution in [0.3, 0.4) is 0 Å². The SMILES string of the molecule is Cc1cccc(C)c1CN1CCNCC1CN. The van der Waals surface area contributed by atoms with E-state index in [1.807, 2.05) is 0 Å². The molecule has 1 atom stereocenters. The first-order valence-corrected chi connectivity index (χ1v) is 6.42. The first kappa shape index (κ1) is 12.6. The summed E-state index contributed by atoms with van der Waals surface area (Å²) in [7, 11) is 0. The van der Waals surface area contributed by atoms with Gasteiger partial charge in [-0.15, -0.1) is 0 Å². The monoisotopic (exact) mass is 233 g/mol. The molecule has 1 aromatic carbocycles. The molecule has 0 aliphatic carbocycles. The number of nitrogens with two attached hydrogens (primary N) is 1. The molecule has 0 radical (unpaired) electrons. The lowest BCUT2D eigenvalue weighted by Crippen LogP contribution is -2.53. The van der Waals surface area contributed by atoms with Crippen molar-refractivity contribution in [2.75, 3.05) is 26.2 Å². The summed E-state index contributed by atoms with van der Waals surface area (Å²) in [5.41, 5.74) is 10.1. The Labute approximate surface area is 104 Å². The third-order valence-corrected chi connectivity index (χ3v) is 3.75. The van der Waals surface area contributed by atoms with Gasteiger partial charge in [0.25, 0.3) is 0 Å². The van der Waals surface area contributed by atoms with E-state index < -0.39 is 0 Å². The lowest BCUT2D eigenvalue weighted by atomic mass is 10.0.